The minimum Gasteiger partial charge on any atom is -0.468 e. The number of carbonyl (C=O) groups excluding carboxylic acids is 1. The van der Waals surface area contributed by atoms with E-state index in [9.17, 15) is 13.2 Å². The Bertz CT molecular complexity index is 1190. The van der Waals surface area contributed by atoms with E-state index in [4.69, 9.17) is 8.83 Å². The molecule has 8 heteroatoms. The maximum absolute atomic E-state index is 12.9. The van der Waals surface area contributed by atoms with Crippen LogP contribution in [0.3, 0.4) is 0 Å². The monoisotopic (exact) mass is 436 g/mol. The lowest BCUT2D eigenvalue weighted by molar-refractivity contribution is 0.0909. The number of hydrogen-bond acceptors (Lipinski definition) is 5. The van der Waals surface area contributed by atoms with E-state index in [1.807, 2.05) is 60.7 Å². The molecule has 0 aliphatic rings. The van der Waals surface area contributed by atoms with Crippen LogP contribution in [0.1, 0.15) is 33.5 Å². The molecule has 4 aromatic rings. The third kappa shape index (κ3) is 4.93. The van der Waals surface area contributed by atoms with Gasteiger partial charge in [0.05, 0.1) is 18.8 Å². The fourth-order valence-corrected chi connectivity index (χ4v) is 4.01. The van der Waals surface area contributed by atoms with Crippen molar-refractivity contribution < 1.29 is 22.0 Å². The maximum atomic E-state index is 12.9. The summed E-state index contributed by atoms with van der Waals surface area (Å²) in [6.45, 7) is -0.0261. The summed E-state index contributed by atoms with van der Waals surface area (Å²) in [5.74, 6) is -0.165. The quantitative estimate of drug-likeness (QED) is 0.437. The van der Waals surface area contributed by atoms with Gasteiger partial charge in [0.15, 0.2) is 5.76 Å². The smallest absolute Gasteiger partial charge is 0.287 e. The van der Waals surface area contributed by atoms with E-state index in [2.05, 4.69) is 10.0 Å². The molecule has 2 N–H and O–H groups in total. The van der Waals surface area contributed by atoms with E-state index < -0.39 is 22.0 Å². The first-order chi connectivity index (χ1) is 15.0. The molecule has 0 spiro atoms. The van der Waals surface area contributed by atoms with Crippen molar-refractivity contribution in [1.82, 2.24) is 10.0 Å². The van der Waals surface area contributed by atoms with Crippen LogP contribution in [0.5, 0.6) is 0 Å². The van der Waals surface area contributed by atoms with E-state index in [1.54, 1.807) is 12.1 Å². The highest BCUT2D eigenvalue weighted by Crippen LogP contribution is 2.23. The third-order valence-electron chi connectivity index (χ3n) is 4.63. The van der Waals surface area contributed by atoms with Crippen LogP contribution < -0.4 is 10.0 Å². The summed E-state index contributed by atoms with van der Waals surface area (Å²) in [5.41, 5.74) is 1.78. The van der Waals surface area contributed by atoms with E-state index in [1.165, 1.54) is 18.4 Å². The fraction of sp³-hybridized carbons (Fsp3) is 0.0870. The van der Waals surface area contributed by atoms with Gasteiger partial charge in [-0.25, -0.2) is 13.1 Å². The molecule has 2 heterocycles. The van der Waals surface area contributed by atoms with Crippen molar-refractivity contribution in [2.24, 2.45) is 0 Å². The van der Waals surface area contributed by atoms with E-state index in [0.29, 0.717) is 5.76 Å². The van der Waals surface area contributed by atoms with Crippen molar-refractivity contribution in [1.29, 1.82) is 0 Å². The van der Waals surface area contributed by atoms with Crippen LogP contribution in [-0.4, -0.2) is 14.3 Å². The highest BCUT2D eigenvalue weighted by atomic mass is 32.2. The first-order valence-electron chi connectivity index (χ1n) is 9.55. The second-order valence-corrected chi connectivity index (χ2v) is 8.45. The summed E-state index contributed by atoms with van der Waals surface area (Å²) >= 11 is 0. The van der Waals surface area contributed by atoms with Gasteiger partial charge in [-0.1, -0.05) is 60.7 Å². The summed E-state index contributed by atoms with van der Waals surface area (Å²) < 4.78 is 37.7. The Morgan fingerprint density at radius 3 is 2.06 bits per heavy atom. The van der Waals surface area contributed by atoms with E-state index in [-0.39, 0.29) is 17.4 Å². The molecule has 2 aromatic carbocycles. The molecule has 0 atom stereocenters. The lowest BCUT2D eigenvalue weighted by Gasteiger charge is -2.19. The van der Waals surface area contributed by atoms with Crippen molar-refractivity contribution >= 4 is 15.9 Å². The van der Waals surface area contributed by atoms with E-state index >= 15 is 0 Å². The van der Waals surface area contributed by atoms with Gasteiger partial charge in [-0.05, 0) is 35.4 Å². The molecule has 1 amide bonds. The van der Waals surface area contributed by atoms with Crippen LogP contribution in [0.4, 0.5) is 0 Å². The van der Waals surface area contributed by atoms with Gasteiger partial charge < -0.3 is 14.2 Å². The Labute approximate surface area is 179 Å². The Morgan fingerprint density at radius 1 is 0.839 bits per heavy atom. The molecular weight excluding hydrogens is 416 g/mol. The Kier molecular flexibility index (Phi) is 6.01. The molecule has 0 saturated carbocycles. The predicted molar refractivity (Wildman–Crippen MR) is 114 cm³/mol. The number of amides is 1. The molecule has 0 aliphatic carbocycles. The van der Waals surface area contributed by atoms with Crippen molar-refractivity contribution in [2.75, 3.05) is 0 Å². The summed E-state index contributed by atoms with van der Waals surface area (Å²) in [6, 6.07) is 24.5. The van der Waals surface area contributed by atoms with E-state index in [0.717, 1.165) is 11.1 Å². The minimum atomic E-state index is -3.94. The molecule has 0 fully saturated rings. The number of nitrogens with one attached hydrogen (secondary N) is 2. The van der Waals surface area contributed by atoms with Crippen LogP contribution in [0.15, 0.2) is 105 Å². The Balaban J connectivity index is 1.52. The molecule has 2 aromatic heterocycles. The second-order valence-electron chi connectivity index (χ2n) is 6.75. The SMILES string of the molecule is O=C(NC(c1ccccc1)c1ccccc1)c1ccc(S(=O)(=O)NCc2ccco2)o1. The van der Waals surface area contributed by atoms with Gasteiger partial charge in [0.2, 0.25) is 5.09 Å². The summed E-state index contributed by atoms with van der Waals surface area (Å²) in [6.07, 6.45) is 1.45. The highest BCUT2D eigenvalue weighted by Gasteiger charge is 2.24. The molecule has 158 valence electrons. The second kappa shape index (κ2) is 9.03. The number of sulfonamides is 1. The highest BCUT2D eigenvalue weighted by molar-refractivity contribution is 7.89. The summed E-state index contributed by atoms with van der Waals surface area (Å²) in [7, 11) is -3.94. The molecule has 4 rings (SSSR count). The number of benzene rings is 2. The van der Waals surface area contributed by atoms with Gasteiger partial charge in [-0.2, -0.15) is 0 Å². The zero-order valence-corrected chi connectivity index (χ0v) is 17.2. The van der Waals surface area contributed by atoms with Crippen LogP contribution in [0, 0.1) is 0 Å². The van der Waals surface area contributed by atoms with Crippen LogP contribution in [-0.2, 0) is 16.6 Å². The summed E-state index contributed by atoms with van der Waals surface area (Å²) in [5, 5.41) is 2.58. The van der Waals surface area contributed by atoms with Gasteiger partial charge in [0.1, 0.15) is 5.76 Å². The standard InChI is InChI=1S/C23H20N2O5S/c26-23(25-22(17-8-3-1-4-9-17)18-10-5-2-6-11-18)20-13-14-21(30-20)31(27,28)24-16-19-12-7-15-29-19/h1-15,22,24H,16H2,(H,25,26). The third-order valence-corrected chi connectivity index (χ3v) is 5.90. The predicted octanol–water partition coefficient (Wildman–Crippen LogP) is 3.87. The molecule has 31 heavy (non-hydrogen) atoms. The lowest BCUT2D eigenvalue weighted by Crippen LogP contribution is -2.29. The Hall–Kier alpha value is -3.62. The average Bonchev–Trinajstić information content (AvgIpc) is 3.50. The van der Waals surface area contributed by atoms with Crippen LogP contribution >= 0.6 is 0 Å². The summed E-state index contributed by atoms with van der Waals surface area (Å²) in [4.78, 5) is 12.9. The van der Waals surface area contributed by atoms with Crippen LogP contribution in [0.2, 0.25) is 0 Å². The van der Waals surface area contributed by atoms with Gasteiger partial charge in [-0.3, -0.25) is 4.79 Å². The normalized spacial score (nSPS) is 11.5. The van der Waals surface area contributed by atoms with Gasteiger partial charge in [0, 0.05) is 0 Å². The minimum absolute atomic E-state index is 0.0261. The van der Waals surface area contributed by atoms with Gasteiger partial charge in [0.25, 0.3) is 15.9 Å². The number of hydrogen-bond donors (Lipinski definition) is 2. The van der Waals surface area contributed by atoms with Crippen molar-refractivity contribution in [2.45, 2.75) is 17.7 Å². The van der Waals surface area contributed by atoms with Crippen molar-refractivity contribution in [3.63, 3.8) is 0 Å². The molecule has 0 saturated heterocycles. The zero-order valence-electron chi connectivity index (χ0n) is 16.4. The number of furan rings is 2. The molecule has 0 unspecified atom stereocenters. The molecular formula is C23H20N2O5S. The van der Waals surface area contributed by atoms with Crippen LogP contribution in [0.25, 0.3) is 0 Å². The largest absolute Gasteiger partial charge is 0.468 e. The van der Waals surface area contributed by atoms with Crippen molar-refractivity contribution in [3.05, 3.63) is 114 Å². The Morgan fingerprint density at radius 2 is 1.48 bits per heavy atom. The fourth-order valence-electron chi connectivity index (χ4n) is 3.09. The number of carbonyl (C=O) groups is 1. The lowest BCUT2D eigenvalue weighted by atomic mass is 9.98. The maximum Gasteiger partial charge on any atom is 0.287 e. The zero-order chi connectivity index (χ0) is 21.7. The first-order valence-corrected chi connectivity index (χ1v) is 11.0. The topological polar surface area (TPSA) is 102 Å². The molecule has 0 bridgehead atoms. The number of rotatable bonds is 8. The molecule has 0 aliphatic heterocycles. The average molecular weight is 436 g/mol. The van der Waals surface area contributed by atoms with Gasteiger partial charge >= 0.3 is 0 Å². The first kappa shape index (κ1) is 20.6. The molecule has 0 radical (unpaired) electrons. The van der Waals surface area contributed by atoms with Gasteiger partial charge in [-0.15, -0.1) is 0 Å². The van der Waals surface area contributed by atoms with Crippen molar-refractivity contribution in [3.8, 4) is 0 Å². The molecule has 7 nitrogen and oxygen atoms in total.